The summed E-state index contributed by atoms with van der Waals surface area (Å²) in [7, 11) is 0. The number of aliphatic hydroxyl groups excluding tert-OH is 1. The predicted molar refractivity (Wildman–Crippen MR) is 101 cm³/mol. The lowest BCUT2D eigenvalue weighted by Gasteiger charge is -2.27. The Bertz CT molecular complexity index is 1240. The molecule has 2 aromatic heterocycles. The Morgan fingerprint density at radius 2 is 2.06 bits per heavy atom. The second kappa shape index (κ2) is 7.75. The number of halogens is 2. The average molecular weight is 434 g/mol. The molecule has 0 fully saturated rings. The Hall–Kier alpha value is -3.87. The van der Waals surface area contributed by atoms with E-state index in [2.05, 4.69) is 20.9 Å². The molecular weight excluding hydrogens is 418 g/mol. The van der Waals surface area contributed by atoms with Crippen LogP contribution >= 0.6 is 0 Å². The van der Waals surface area contributed by atoms with Crippen LogP contribution in [0.25, 0.3) is 10.9 Å². The van der Waals surface area contributed by atoms with Crippen molar-refractivity contribution in [2.24, 2.45) is 0 Å². The van der Waals surface area contributed by atoms with E-state index in [1.54, 1.807) is 6.92 Å². The predicted octanol–water partition coefficient (Wildman–Crippen LogP) is -0.314. The van der Waals surface area contributed by atoms with Gasteiger partial charge in [-0.1, -0.05) is 0 Å². The number of carbonyl (C=O) groups excluding carboxylic acids is 2. The van der Waals surface area contributed by atoms with Gasteiger partial charge in [-0.25, -0.2) is 9.07 Å². The van der Waals surface area contributed by atoms with Gasteiger partial charge in [0.1, 0.15) is 30.9 Å². The Morgan fingerprint density at radius 1 is 1.35 bits per heavy atom. The van der Waals surface area contributed by atoms with E-state index in [1.807, 2.05) is 0 Å². The number of amides is 2. The van der Waals surface area contributed by atoms with E-state index in [1.165, 1.54) is 23.4 Å². The van der Waals surface area contributed by atoms with Gasteiger partial charge >= 0.3 is 0 Å². The molecule has 0 saturated carbocycles. The smallest absolute Gasteiger partial charge is 0.263 e. The molecule has 3 aromatic rings. The van der Waals surface area contributed by atoms with E-state index in [0.29, 0.717) is 6.07 Å². The summed E-state index contributed by atoms with van der Waals surface area (Å²) in [5, 5.41) is 18.5. The standard InChI is InChI=1S/C18H16F2N6O5/c1-8-5-31-16-13(20)11(19)2-9-14(16)26(8)3-10(15(9)28)17(29)23-12(4-27)18(30)24-25-6-21-22-7-25/h2-3,6-8,12,27H,4-5H2,1H3,(H,23,29)(H,24,30)/t8?,12-/m0/s1. The maximum absolute atomic E-state index is 14.1. The van der Waals surface area contributed by atoms with Crippen molar-refractivity contribution >= 4 is 22.7 Å². The normalized spacial score (nSPS) is 15.9. The highest BCUT2D eigenvalue weighted by Gasteiger charge is 2.29. The zero-order valence-electron chi connectivity index (χ0n) is 16.0. The van der Waals surface area contributed by atoms with Crippen LogP contribution in [0.4, 0.5) is 8.78 Å². The second-order valence-electron chi connectivity index (χ2n) is 6.89. The van der Waals surface area contributed by atoms with Crippen LogP contribution < -0.4 is 20.9 Å². The van der Waals surface area contributed by atoms with Crippen LogP contribution in [0.3, 0.4) is 0 Å². The van der Waals surface area contributed by atoms with E-state index in [-0.39, 0.29) is 17.5 Å². The van der Waals surface area contributed by atoms with Gasteiger partial charge in [0, 0.05) is 6.20 Å². The fraction of sp³-hybridized carbons (Fsp3) is 0.278. The number of aliphatic hydroxyl groups is 1. The first-order valence-electron chi connectivity index (χ1n) is 9.08. The third kappa shape index (κ3) is 3.48. The summed E-state index contributed by atoms with van der Waals surface area (Å²) in [5.41, 5.74) is 1.07. The molecule has 1 aromatic carbocycles. The number of benzene rings is 1. The molecule has 1 aliphatic rings. The molecule has 162 valence electrons. The maximum Gasteiger partial charge on any atom is 0.263 e. The van der Waals surface area contributed by atoms with Gasteiger partial charge in [0.25, 0.3) is 11.8 Å². The summed E-state index contributed by atoms with van der Waals surface area (Å²) >= 11 is 0. The molecule has 3 heterocycles. The highest BCUT2D eigenvalue weighted by Crippen LogP contribution is 2.35. The summed E-state index contributed by atoms with van der Waals surface area (Å²) in [6, 6.07) is -1.10. The van der Waals surface area contributed by atoms with Gasteiger partial charge in [-0.05, 0) is 13.0 Å². The summed E-state index contributed by atoms with van der Waals surface area (Å²) in [5.74, 6) is -4.69. The number of pyridine rings is 1. The van der Waals surface area contributed by atoms with Gasteiger partial charge in [-0.3, -0.25) is 19.8 Å². The topological polar surface area (TPSA) is 140 Å². The molecule has 0 saturated heterocycles. The molecule has 4 rings (SSSR count). The van der Waals surface area contributed by atoms with Crippen LogP contribution in [-0.2, 0) is 4.79 Å². The fourth-order valence-electron chi connectivity index (χ4n) is 3.25. The fourth-order valence-corrected chi connectivity index (χ4v) is 3.25. The number of hydrogen-bond acceptors (Lipinski definition) is 7. The lowest BCUT2D eigenvalue weighted by Crippen LogP contribution is -2.48. The number of nitrogens with zero attached hydrogens (tertiary/aromatic N) is 4. The molecule has 1 aliphatic heterocycles. The monoisotopic (exact) mass is 434 g/mol. The quantitative estimate of drug-likeness (QED) is 0.500. The maximum atomic E-state index is 14.1. The largest absolute Gasteiger partial charge is 0.486 e. The zero-order valence-corrected chi connectivity index (χ0v) is 16.0. The number of hydrogen-bond donors (Lipinski definition) is 3. The number of ether oxygens (including phenoxy) is 1. The molecule has 1 unspecified atom stereocenters. The van der Waals surface area contributed by atoms with Crippen LogP contribution in [0.2, 0.25) is 0 Å². The van der Waals surface area contributed by atoms with Gasteiger partial charge < -0.3 is 19.7 Å². The molecule has 0 aliphatic carbocycles. The van der Waals surface area contributed by atoms with Crippen molar-refractivity contribution in [2.45, 2.75) is 19.0 Å². The number of rotatable bonds is 5. The Kier molecular flexibility index (Phi) is 5.10. The molecule has 2 atom stereocenters. The van der Waals surface area contributed by atoms with Crippen molar-refractivity contribution in [1.29, 1.82) is 0 Å². The number of nitrogens with one attached hydrogen (secondary N) is 2. The van der Waals surface area contributed by atoms with E-state index < -0.39 is 58.9 Å². The molecular formula is C18H16F2N6O5. The third-order valence-corrected chi connectivity index (χ3v) is 4.82. The summed E-state index contributed by atoms with van der Waals surface area (Å²) in [4.78, 5) is 37.9. The molecule has 2 amide bonds. The van der Waals surface area contributed by atoms with Crippen molar-refractivity contribution in [3.8, 4) is 5.75 Å². The first kappa shape index (κ1) is 20.4. The highest BCUT2D eigenvalue weighted by molar-refractivity contribution is 6.01. The summed E-state index contributed by atoms with van der Waals surface area (Å²) in [6.45, 7) is 0.932. The van der Waals surface area contributed by atoms with Gasteiger partial charge in [-0.2, -0.15) is 4.39 Å². The molecule has 13 heteroatoms. The summed E-state index contributed by atoms with van der Waals surface area (Å²) < 4.78 is 36.0. The molecule has 11 nitrogen and oxygen atoms in total. The van der Waals surface area contributed by atoms with Crippen LogP contribution in [0.5, 0.6) is 5.75 Å². The number of aromatic nitrogens is 4. The van der Waals surface area contributed by atoms with Crippen molar-refractivity contribution in [3.05, 3.63) is 52.3 Å². The van der Waals surface area contributed by atoms with Gasteiger partial charge in [0.2, 0.25) is 11.2 Å². The van der Waals surface area contributed by atoms with E-state index >= 15 is 0 Å². The van der Waals surface area contributed by atoms with Crippen LogP contribution in [0, 0.1) is 11.6 Å². The van der Waals surface area contributed by atoms with Crippen LogP contribution in [0.1, 0.15) is 23.3 Å². The summed E-state index contributed by atoms with van der Waals surface area (Å²) in [6.07, 6.45) is 3.56. The lowest BCUT2D eigenvalue weighted by atomic mass is 10.1. The first-order chi connectivity index (χ1) is 14.8. The minimum atomic E-state index is -1.41. The van der Waals surface area contributed by atoms with Gasteiger partial charge in [-0.15, -0.1) is 10.2 Å². The number of carbonyl (C=O) groups is 2. The van der Waals surface area contributed by atoms with E-state index in [0.717, 1.165) is 4.68 Å². The molecule has 0 spiro atoms. The average Bonchev–Trinajstić information content (AvgIpc) is 3.25. The van der Waals surface area contributed by atoms with Crippen molar-refractivity contribution in [3.63, 3.8) is 0 Å². The van der Waals surface area contributed by atoms with Gasteiger partial charge in [0.15, 0.2) is 11.6 Å². The zero-order chi connectivity index (χ0) is 22.3. The molecule has 31 heavy (non-hydrogen) atoms. The minimum Gasteiger partial charge on any atom is -0.486 e. The molecule has 0 bridgehead atoms. The van der Waals surface area contributed by atoms with E-state index in [4.69, 9.17) is 4.74 Å². The van der Waals surface area contributed by atoms with Gasteiger partial charge in [0.05, 0.1) is 23.6 Å². The highest BCUT2D eigenvalue weighted by atomic mass is 19.2. The molecule has 3 N–H and O–H groups in total. The van der Waals surface area contributed by atoms with Crippen LogP contribution in [-0.4, -0.2) is 55.6 Å². The van der Waals surface area contributed by atoms with Crippen molar-refractivity contribution in [2.75, 3.05) is 18.6 Å². The van der Waals surface area contributed by atoms with Crippen LogP contribution in [0.15, 0.2) is 29.7 Å². The van der Waals surface area contributed by atoms with Crippen molar-refractivity contribution in [1.82, 2.24) is 24.8 Å². The Labute approximate surface area is 172 Å². The lowest BCUT2D eigenvalue weighted by molar-refractivity contribution is -0.119. The molecule has 0 radical (unpaired) electrons. The Balaban J connectivity index is 1.71. The third-order valence-electron chi connectivity index (χ3n) is 4.82. The minimum absolute atomic E-state index is 0.00693. The van der Waals surface area contributed by atoms with Crippen molar-refractivity contribution < 1.29 is 28.2 Å². The Morgan fingerprint density at radius 3 is 2.74 bits per heavy atom. The first-order valence-corrected chi connectivity index (χ1v) is 9.08. The van der Waals surface area contributed by atoms with E-state index in [9.17, 15) is 28.3 Å². The second-order valence-corrected chi connectivity index (χ2v) is 6.89. The SMILES string of the molecule is CC1COc2c(F)c(F)cc3c(=O)c(C(=O)N[C@@H](CO)C(=O)Nn4cnnc4)cn1c23.